The highest BCUT2D eigenvalue weighted by Crippen LogP contribution is 2.29. The lowest BCUT2D eigenvalue weighted by Crippen LogP contribution is -2.49. The third kappa shape index (κ3) is 3.21. The number of piperidine rings is 1. The van der Waals surface area contributed by atoms with Crippen molar-refractivity contribution in [3.63, 3.8) is 0 Å². The zero-order valence-electron chi connectivity index (χ0n) is 13.8. The summed E-state index contributed by atoms with van der Waals surface area (Å²) >= 11 is 1.55. The van der Waals surface area contributed by atoms with Crippen molar-refractivity contribution in [1.29, 1.82) is 0 Å². The second-order valence-electron chi connectivity index (χ2n) is 6.80. The summed E-state index contributed by atoms with van der Waals surface area (Å²) in [6.45, 7) is 0. The van der Waals surface area contributed by atoms with E-state index in [2.05, 4.69) is 15.3 Å². The molecule has 4 heterocycles. The third-order valence-electron chi connectivity index (χ3n) is 5.16. The van der Waals surface area contributed by atoms with Crippen LogP contribution in [0.2, 0.25) is 0 Å². The molecular weight excluding hydrogens is 320 g/mol. The van der Waals surface area contributed by atoms with Crippen molar-refractivity contribution in [2.75, 3.05) is 7.05 Å². The summed E-state index contributed by atoms with van der Waals surface area (Å²) in [4.78, 5) is 23.5. The quantitative estimate of drug-likeness (QED) is 0.927. The Kier molecular flexibility index (Phi) is 4.33. The summed E-state index contributed by atoms with van der Waals surface area (Å²) in [7, 11) is 1.95. The van der Waals surface area contributed by atoms with Gasteiger partial charge < -0.3 is 10.2 Å². The van der Waals surface area contributed by atoms with E-state index in [9.17, 15) is 4.79 Å². The Morgan fingerprint density at radius 2 is 2.12 bits per heavy atom. The Labute approximate surface area is 146 Å². The molecule has 0 aliphatic carbocycles. The predicted octanol–water partition coefficient (Wildman–Crippen LogP) is 2.49. The number of hydrogen-bond donors (Lipinski definition) is 1. The Morgan fingerprint density at radius 1 is 1.33 bits per heavy atom. The molecular formula is C18H22N4OS. The van der Waals surface area contributed by atoms with E-state index < -0.39 is 0 Å². The van der Waals surface area contributed by atoms with Crippen LogP contribution in [0.4, 0.5) is 0 Å². The average molecular weight is 342 g/mol. The van der Waals surface area contributed by atoms with Crippen LogP contribution in [0.1, 0.15) is 31.4 Å². The van der Waals surface area contributed by atoms with Crippen molar-refractivity contribution in [1.82, 2.24) is 20.2 Å². The van der Waals surface area contributed by atoms with E-state index in [0.29, 0.717) is 24.5 Å². The molecule has 0 saturated carbocycles. The Hall–Kier alpha value is -1.79. The minimum absolute atomic E-state index is 0.166. The lowest BCUT2D eigenvalue weighted by molar-refractivity contribution is -0.132. The van der Waals surface area contributed by atoms with Crippen molar-refractivity contribution in [2.24, 2.45) is 0 Å². The summed E-state index contributed by atoms with van der Waals surface area (Å²) in [6.07, 6.45) is 6.80. The number of amides is 1. The number of nitrogens with one attached hydrogen (secondary N) is 1. The molecule has 4 rings (SSSR count). The predicted molar refractivity (Wildman–Crippen MR) is 94.8 cm³/mol. The lowest BCUT2D eigenvalue weighted by Gasteiger charge is -2.35. The van der Waals surface area contributed by atoms with Crippen molar-refractivity contribution in [3.8, 4) is 10.7 Å². The maximum absolute atomic E-state index is 12.6. The highest BCUT2D eigenvalue weighted by Gasteiger charge is 2.36. The number of hydrogen-bond acceptors (Lipinski definition) is 5. The third-order valence-corrected chi connectivity index (χ3v) is 6.07. The molecule has 6 heteroatoms. The highest BCUT2D eigenvalue weighted by atomic mass is 32.1. The number of aromatic nitrogens is 2. The lowest BCUT2D eigenvalue weighted by atomic mass is 9.98. The van der Waals surface area contributed by atoms with Gasteiger partial charge in [0.2, 0.25) is 5.91 Å². The standard InChI is InChI=1S/C18H22N4OS/c1-22(15-8-12-5-6-13(9-15)20-12)17(23)10-14-11-24-18(21-14)16-4-2-3-7-19-16/h2-4,7,11-13,15,20H,5-6,8-10H2,1H3. The molecule has 0 aromatic carbocycles. The molecule has 2 aliphatic heterocycles. The average Bonchev–Trinajstić information content (AvgIpc) is 3.21. The second-order valence-corrected chi connectivity index (χ2v) is 7.66. The SMILES string of the molecule is CN(C(=O)Cc1csc(-c2ccccn2)n1)C1CC2CCC(C1)N2. The van der Waals surface area contributed by atoms with Gasteiger partial charge in [0.1, 0.15) is 5.01 Å². The molecule has 2 fully saturated rings. The monoisotopic (exact) mass is 342 g/mol. The van der Waals surface area contributed by atoms with Crippen LogP contribution in [0.25, 0.3) is 10.7 Å². The first-order valence-electron chi connectivity index (χ1n) is 8.56. The zero-order valence-corrected chi connectivity index (χ0v) is 14.6. The van der Waals surface area contributed by atoms with Gasteiger partial charge in [-0.1, -0.05) is 6.07 Å². The number of rotatable bonds is 4. The fraction of sp³-hybridized carbons (Fsp3) is 0.500. The molecule has 2 aliphatic rings. The smallest absolute Gasteiger partial charge is 0.228 e. The number of fused-ring (bicyclic) bond motifs is 2. The Morgan fingerprint density at radius 3 is 2.83 bits per heavy atom. The molecule has 24 heavy (non-hydrogen) atoms. The summed E-state index contributed by atoms with van der Waals surface area (Å²) in [6, 6.07) is 7.35. The number of carbonyl (C=O) groups is 1. The van der Waals surface area contributed by atoms with Crippen LogP contribution in [-0.4, -0.2) is 45.9 Å². The zero-order chi connectivity index (χ0) is 16.5. The van der Waals surface area contributed by atoms with Gasteiger partial charge >= 0.3 is 0 Å². The maximum atomic E-state index is 12.6. The van der Waals surface area contributed by atoms with Gasteiger partial charge in [-0.15, -0.1) is 11.3 Å². The van der Waals surface area contributed by atoms with E-state index in [0.717, 1.165) is 29.2 Å². The van der Waals surface area contributed by atoms with Crippen LogP contribution >= 0.6 is 11.3 Å². The molecule has 1 amide bonds. The first-order chi connectivity index (χ1) is 11.7. The summed E-state index contributed by atoms with van der Waals surface area (Å²) in [5, 5.41) is 6.48. The second kappa shape index (κ2) is 6.61. The van der Waals surface area contributed by atoms with Crippen LogP contribution < -0.4 is 5.32 Å². The topological polar surface area (TPSA) is 58.1 Å². The maximum Gasteiger partial charge on any atom is 0.228 e. The van der Waals surface area contributed by atoms with Gasteiger partial charge in [0.15, 0.2) is 0 Å². The van der Waals surface area contributed by atoms with Crippen LogP contribution in [0, 0.1) is 0 Å². The van der Waals surface area contributed by atoms with E-state index in [1.54, 1.807) is 17.5 Å². The highest BCUT2D eigenvalue weighted by molar-refractivity contribution is 7.13. The van der Waals surface area contributed by atoms with Crippen LogP contribution in [0.3, 0.4) is 0 Å². The van der Waals surface area contributed by atoms with E-state index in [4.69, 9.17) is 0 Å². The van der Waals surface area contributed by atoms with Gasteiger partial charge in [0.25, 0.3) is 0 Å². The van der Waals surface area contributed by atoms with E-state index in [-0.39, 0.29) is 5.91 Å². The van der Waals surface area contributed by atoms with E-state index >= 15 is 0 Å². The van der Waals surface area contributed by atoms with Crippen molar-refractivity contribution >= 4 is 17.2 Å². The fourth-order valence-corrected chi connectivity index (χ4v) is 4.62. The summed E-state index contributed by atoms with van der Waals surface area (Å²) in [5.41, 5.74) is 1.71. The number of thiazole rings is 1. The number of pyridine rings is 1. The van der Waals surface area contributed by atoms with Crippen LogP contribution in [0.5, 0.6) is 0 Å². The Bertz CT molecular complexity index is 705. The minimum Gasteiger partial charge on any atom is -0.342 e. The molecule has 2 aromatic heterocycles. The number of likely N-dealkylation sites (N-methyl/N-ethyl adjacent to an activating group) is 1. The molecule has 0 spiro atoms. The van der Waals surface area contributed by atoms with Crippen molar-refractivity contribution in [2.45, 2.75) is 50.2 Å². The largest absolute Gasteiger partial charge is 0.342 e. The molecule has 0 radical (unpaired) electrons. The molecule has 2 bridgehead atoms. The van der Waals surface area contributed by atoms with E-state index in [1.807, 2.05) is 35.5 Å². The number of carbonyl (C=O) groups excluding carboxylic acids is 1. The van der Waals surface area contributed by atoms with E-state index in [1.165, 1.54) is 12.8 Å². The molecule has 2 aromatic rings. The minimum atomic E-state index is 0.166. The molecule has 5 nitrogen and oxygen atoms in total. The summed E-state index contributed by atoms with van der Waals surface area (Å²) in [5.74, 6) is 0.166. The van der Waals surface area contributed by atoms with Gasteiger partial charge in [-0.05, 0) is 37.8 Å². The molecule has 2 saturated heterocycles. The van der Waals surface area contributed by atoms with Crippen LogP contribution in [-0.2, 0) is 11.2 Å². The molecule has 126 valence electrons. The summed E-state index contributed by atoms with van der Waals surface area (Å²) < 4.78 is 0. The molecule has 2 atom stereocenters. The first kappa shape index (κ1) is 15.7. The van der Waals surface area contributed by atoms with Gasteiger partial charge in [0, 0.05) is 36.8 Å². The van der Waals surface area contributed by atoms with Gasteiger partial charge in [-0.2, -0.15) is 0 Å². The van der Waals surface area contributed by atoms with Gasteiger partial charge in [-0.25, -0.2) is 4.98 Å². The van der Waals surface area contributed by atoms with Crippen molar-refractivity contribution in [3.05, 3.63) is 35.5 Å². The first-order valence-corrected chi connectivity index (χ1v) is 9.44. The normalized spacial score (nSPS) is 25.6. The Balaban J connectivity index is 1.40. The number of nitrogens with zero attached hydrogens (tertiary/aromatic N) is 3. The van der Waals surface area contributed by atoms with Crippen molar-refractivity contribution < 1.29 is 4.79 Å². The van der Waals surface area contributed by atoms with Crippen LogP contribution in [0.15, 0.2) is 29.8 Å². The van der Waals surface area contributed by atoms with Gasteiger partial charge in [-0.3, -0.25) is 9.78 Å². The molecule has 2 unspecified atom stereocenters. The fourth-order valence-electron chi connectivity index (χ4n) is 3.82. The van der Waals surface area contributed by atoms with Gasteiger partial charge in [0.05, 0.1) is 17.8 Å². The molecule has 1 N–H and O–H groups in total.